The maximum Gasteiger partial charge on any atom is 0.307 e. The second-order valence-electron chi connectivity index (χ2n) is 12.0. The number of carbonyl (C=O) groups excluding carboxylic acids is 1. The third kappa shape index (κ3) is 4.48. The van der Waals surface area contributed by atoms with Gasteiger partial charge >= 0.3 is 11.9 Å². The van der Waals surface area contributed by atoms with Crippen LogP contribution in [0.3, 0.4) is 0 Å². The van der Waals surface area contributed by atoms with E-state index in [0.717, 1.165) is 55.4 Å². The number of fused-ring (bicyclic) bond motifs is 8. The number of carbonyl (C=O) groups is 2. The van der Waals surface area contributed by atoms with E-state index in [1.165, 1.54) is 0 Å². The second kappa shape index (κ2) is 10.7. The number of hydrogen-bond acceptors (Lipinski definition) is 5. The summed E-state index contributed by atoms with van der Waals surface area (Å²) in [6.07, 6.45) is 3.69. The molecule has 0 saturated heterocycles. The van der Waals surface area contributed by atoms with Crippen molar-refractivity contribution in [3.05, 3.63) is 137 Å². The first kappa shape index (κ1) is 28.4. The molecule has 0 radical (unpaired) electrons. The van der Waals surface area contributed by atoms with E-state index in [-0.39, 0.29) is 12.8 Å². The molecule has 0 aromatic heterocycles. The topological polar surface area (TPSA) is 76.1 Å². The van der Waals surface area contributed by atoms with Crippen LogP contribution in [-0.4, -0.2) is 31.1 Å². The summed E-state index contributed by atoms with van der Waals surface area (Å²) in [5.74, 6) is -0.905. The molecule has 2 aliphatic rings. The number of rotatable bonds is 7. The maximum absolute atomic E-state index is 13.2. The molecular weight excluding hydrogens is 562 g/mol. The second-order valence-corrected chi connectivity index (χ2v) is 12.0. The third-order valence-corrected chi connectivity index (χ3v) is 9.02. The Morgan fingerprint density at radius 3 is 2.16 bits per heavy atom. The minimum atomic E-state index is -1.16. The number of anilines is 1. The van der Waals surface area contributed by atoms with Gasteiger partial charge in [-0.15, -0.1) is 0 Å². The van der Waals surface area contributed by atoms with Gasteiger partial charge in [-0.3, -0.25) is 9.59 Å². The van der Waals surface area contributed by atoms with E-state index in [9.17, 15) is 14.7 Å². The molecule has 0 bridgehead atoms. The number of carboxylic acid groups (broad SMARTS) is 1. The van der Waals surface area contributed by atoms with E-state index in [2.05, 4.69) is 71.6 Å². The van der Waals surface area contributed by atoms with Crippen LogP contribution in [-0.2, 0) is 25.5 Å². The van der Waals surface area contributed by atoms with Crippen LogP contribution in [0, 0.1) is 0 Å². The number of esters is 1. The summed E-state index contributed by atoms with van der Waals surface area (Å²) >= 11 is 0. The standard InChI is InChI=1S/C39H33NO5/c1-38(44-34(43)22-21-33(41)42)32-16-10-9-15-30(32)35-28-13-7-8-14-29(28)37-31(36(35)38)23-24-39(45-37,25-11-5-4-6-12-25)26-17-19-27(20-18-26)40(2)3/h4-20,23-24H,21-22H2,1-3H3,(H,41,42). The van der Waals surface area contributed by atoms with Gasteiger partial charge in [-0.1, -0.05) is 97.1 Å². The number of nitrogens with zero attached hydrogens (tertiary/aromatic N) is 1. The van der Waals surface area contributed by atoms with Gasteiger partial charge in [-0.05, 0) is 41.6 Å². The molecule has 6 heteroatoms. The summed E-state index contributed by atoms with van der Waals surface area (Å²) in [5, 5.41) is 11.2. The highest BCUT2D eigenvalue weighted by atomic mass is 16.6. The lowest BCUT2D eigenvalue weighted by Gasteiger charge is -2.39. The fraction of sp³-hybridized carbons (Fsp3) is 0.179. The molecule has 2 unspecified atom stereocenters. The summed E-state index contributed by atoms with van der Waals surface area (Å²) in [6, 6.07) is 34.7. The van der Waals surface area contributed by atoms with E-state index in [1.54, 1.807) is 0 Å². The molecule has 1 N–H and O–H groups in total. The fourth-order valence-electron chi connectivity index (χ4n) is 6.88. The van der Waals surface area contributed by atoms with Gasteiger partial charge in [0.1, 0.15) is 5.75 Å². The Hall–Kier alpha value is -5.36. The largest absolute Gasteiger partial charge is 0.481 e. The highest BCUT2D eigenvalue weighted by molar-refractivity contribution is 6.08. The Bertz CT molecular complexity index is 2000. The molecule has 0 amide bonds. The number of carboxylic acids is 1. The molecule has 6 nitrogen and oxygen atoms in total. The Balaban J connectivity index is 1.48. The molecule has 5 aromatic rings. The molecule has 0 fully saturated rings. The van der Waals surface area contributed by atoms with Gasteiger partial charge in [0.05, 0.1) is 12.8 Å². The highest BCUT2D eigenvalue weighted by Gasteiger charge is 2.48. The van der Waals surface area contributed by atoms with Crippen LogP contribution in [0.1, 0.15) is 47.6 Å². The summed E-state index contributed by atoms with van der Waals surface area (Å²) in [6.45, 7) is 1.90. The molecule has 1 aliphatic heterocycles. The van der Waals surface area contributed by atoms with Crippen molar-refractivity contribution in [1.82, 2.24) is 0 Å². The maximum atomic E-state index is 13.2. The molecule has 5 aromatic carbocycles. The monoisotopic (exact) mass is 595 g/mol. The van der Waals surface area contributed by atoms with Gasteiger partial charge in [0.2, 0.25) is 0 Å². The van der Waals surface area contributed by atoms with Gasteiger partial charge < -0.3 is 19.5 Å². The van der Waals surface area contributed by atoms with Crippen LogP contribution < -0.4 is 9.64 Å². The lowest BCUT2D eigenvalue weighted by molar-refractivity contribution is -0.157. The third-order valence-electron chi connectivity index (χ3n) is 9.02. The normalized spacial score (nSPS) is 19.3. The minimum Gasteiger partial charge on any atom is -0.481 e. The highest BCUT2D eigenvalue weighted by Crippen LogP contribution is 2.58. The molecule has 0 spiro atoms. The average molecular weight is 596 g/mol. The summed E-state index contributed by atoms with van der Waals surface area (Å²) in [7, 11) is 4.04. The van der Waals surface area contributed by atoms with Crippen molar-refractivity contribution in [2.75, 3.05) is 19.0 Å². The number of aliphatic carboxylic acids is 1. The first-order valence-corrected chi connectivity index (χ1v) is 15.1. The molecule has 2 atom stereocenters. The van der Waals surface area contributed by atoms with Crippen LogP contribution in [0.5, 0.6) is 5.75 Å². The van der Waals surface area contributed by atoms with E-state index in [1.807, 2.05) is 69.6 Å². The smallest absolute Gasteiger partial charge is 0.307 e. The zero-order valence-electron chi connectivity index (χ0n) is 25.4. The molecule has 224 valence electrons. The molecule has 7 rings (SSSR count). The minimum absolute atomic E-state index is 0.218. The predicted molar refractivity (Wildman–Crippen MR) is 176 cm³/mol. The molecule has 1 heterocycles. The van der Waals surface area contributed by atoms with Crippen molar-refractivity contribution >= 4 is 34.5 Å². The van der Waals surface area contributed by atoms with Crippen molar-refractivity contribution in [2.45, 2.75) is 31.0 Å². The predicted octanol–water partition coefficient (Wildman–Crippen LogP) is 7.91. The van der Waals surface area contributed by atoms with Crippen molar-refractivity contribution in [1.29, 1.82) is 0 Å². The van der Waals surface area contributed by atoms with Crippen molar-refractivity contribution in [3.8, 4) is 16.9 Å². The molecular formula is C39H33NO5. The van der Waals surface area contributed by atoms with Crippen LogP contribution in [0.15, 0.2) is 109 Å². The Morgan fingerprint density at radius 2 is 1.44 bits per heavy atom. The SMILES string of the molecule is CN(C)c1ccc(C2(c3ccccc3)C=Cc3c4c(c5ccccc5c3O2)-c2ccccc2C4(C)OC(=O)CCC(=O)O)cc1. The van der Waals surface area contributed by atoms with Gasteiger partial charge in [-0.25, -0.2) is 0 Å². The van der Waals surface area contributed by atoms with Gasteiger partial charge in [0.25, 0.3) is 0 Å². The zero-order chi connectivity index (χ0) is 31.3. The number of benzene rings is 5. The average Bonchev–Trinajstić information content (AvgIpc) is 3.32. The van der Waals surface area contributed by atoms with Crippen LogP contribution in [0.25, 0.3) is 28.0 Å². The zero-order valence-corrected chi connectivity index (χ0v) is 25.4. The fourth-order valence-corrected chi connectivity index (χ4v) is 6.88. The molecule has 45 heavy (non-hydrogen) atoms. The van der Waals surface area contributed by atoms with Crippen molar-refractivity contribution < 1.29 is 24.2 Å². The summed E-state index contributed by atoms with van der Waals surface area (Å²) in [5.41, 5.74) is 5.47. The van der Waals surface area contributed by atoms with Crippen LogP contribution >= 0.6 is 0 Å². The van der Waals surface area contributed by atoms with E-state index >= 15 is 0 Å². The Labute approximate surface area is 262 Å². The van der Waals surface area contributed by atoms with Crippen LogP contribution in [0.4, 0.5) is 5.69 Å². The Kier molecular flexibility index (Phi) is 6.73. The Morgan fingerprint density at radius 1 is 0.800 bits per heavy atom. The van der Waals surface area contributed by atoms with Gasteiger partial charge in [0.15, 0.2) is 11.2 Å². The van der Waals surface area contributed by atoms with Gasteiger partial charge in [0, 0.05) is 53.0 Å². The molecule has 1 aliphatic carbocycles. The van der Waals surface area contributed by atoms with Gasteiger partial charge in [-0.2, -0.15) is 0 Å². The van der Waals surface area contributed by atoms with Crippen molar-refractivity contribution in [3.63, 3.8) is 0 Å². The number of hydrogen-bond donors (Lipinski definition) is 1. The van der Waals surface area contributed by atoms with E-state index in [0.29, 0.717) is 5.75 Å². The van der Waals surface area contributed by atoms with E-state index < -0.39 is 23.1 Å². The van der Waals surface area contributed by atoms with Crippen LogP contribution in [0.2, 0.25) is 0 Å². The first-order valence-electron chi connectivity index (χ1n) is 15.1. The van der Waals surface area contributed by atoms with E-state index in [4.69, 9.17) is 9.47 Å². The lowest BCUT2D eigenvalue weighted by atomic mass is 9.80. The summed E-state index contributed by atoms with van der Waals surface area (Å²) < 4.78 is 13.6. The number of ether oxygens (including phenoxy) is 2. The summed E-state index contributed by atoms with van der Waals surface area (Å²) in [4.78, 5) is 26.5. The lowest BCUT2D eigenvalue weighted by Crippen LogP contribution is -2.35. The van der Waals surface area contributed by atoms with Crippen molar-refractivity contribution in [2.24, 2.45) is 0 Å². The molecule has 0 saturated carbocycles. The quantitative estimate of drug-likeness (QED) is 0.193. The first-order chi connectivity index (χ1) is 21.7.